The molecule has 0 fully saturated rings. The Labute approximate surface area is 122 Å². The number of hydrogen-bond donors (Lipinski definition) is 0. The van der Waals surface area contributed by atoms with Crippen LogP contribution in [0.1, 0.15) is 6.92 Å². The van der Waals surface area contributed by atoms with Crippen LogP contribution in [0.25, 0.3) is 0 Å². The summed E-state index contributed by atoms with van der Waals surface area (Å²) in [5.74, 6) is 0. The Balaban J connectivity index is -0.00000000333. The van der Waals surface area contributed by atoms with Crippen LogP contribution in [-0.2, 0) is 98.1 Å². The van der Waals surface area contributed by atoms with Crippen molar-refractivity contribution in [3.05, 3.63) is 20.1 Å². The number of allylic oxidation sites excluding steroid dienone is 1. The summed E-state index contributed by atoms with van der Waals surface area (Å²) in [7, 11) is 0. The predicted octanol–water partition coefficient (Wildman–Crippen LogP) is 1.44. The van der Waals surface area contributed by atoms with Crippen LogP contribution in [0.4, 0.5) is 0 Å². The van der Waals surface area contributed by atoms with Gasteiger partial charge in [-0.15, -0.1) is 0 Å². The van der Waals surface area contributed by atoms with Gasteiger partial charge in [-0.1, -0.05) is 0 Å². The molecule has 0 nitrogen and oxygen atoms in total. The molecule has 0 unspecified atom stereocenters. The molecule has 0 rings (SSSR count). The van der Waals surface area contributed by atoms with Gasteiger partial charge in [0.05, 0.1) is 0 Å². The molecule has 0 heterocycles. The van der Waals surface area contributed by atoms with Gasteiger partial charge in [-0.05, 0) is 0 Å². The standard InChI is InChI=1S/C3H5.CH3.3Y/c1-3-2;;;;/h1H2,2H3;1H3;;;/q2*-1;;;. The van der Waals surface area contributed by atoms with E-state index in [2.05, 4.69) is 12.7 Å². The van der Waals surface area contributed by atoms with E-state index in [1.54, 1.807) is 6.92 Å². The van der Waals surface area contributed by atoms with Crippen molar-refractivity contribution in [2.24, 2.45) is 0 Å². The van der Waals surface area contributed by atoms with Gasteiger partial charge < -0.3 is 13.5 Å². The van der Waals surface area contributed by atoms with Crippen molar-refractivity contribution >= 4 is 0 Å². The molecule has 0 saturated carbocycles. The Kier molecular flexibility index (Phi) is 165. The third-order valence-electron chi connectivity index (χ3n) is 0. The third-order valence-corrected chi connectivity index (χ3v) is 0. The zero-order valence-corrected chi connectivity index (χ0v) is 13.5. The van der Waals surface area contributed by atoms with E-state index in [0.29, 0.717) is 0 Å². The first-order valence-electron chi connectivity index (χ1n) is 0.854. The maximum atomic E-state index is 3.24. The average molecular weight is 323 g/mol. The smallest absolute Gasteiger partial charge is 0 e. The van der Waals surface area contributed by atoms with E-state index in [1.807, 2.05) is 0 Å². The monoisotopic (exact) mass is 323 g/mol. The molecular weight excluding hydrogens is 315 g/mol. The summed E-state index contributed by atoms with van der Waals surface area (Å²) >= 11 is 0. The quantitative estimate of drug-likeness (QED) is 0.592. The van der Waals surface area contributed by atoms with Crippen molar-refractivity contribution in [1.82, 2.24) is 0 Å². The molecule has 35 valence electrons. The Morgan fingerprint density at radius 3 is 1.14 bits per heavy atom. The van der Waals surface area contributed by atoms with Gasteiger partial charge in [0.2, 0.25) is 0 Å². The normalized spacial score (nSPS) is 1.86. The van der Waals surface area contributed by atoms with Crippen molar-refractivity contribution in [2.75, 3.05) is 0 Å². The number of rotatable bonds is 0. The summed E-state index contributed by atoms with van der Waals surface area (Å²) in [5, 5.41) is 0. The first-order valence-corrected chi connectivity index (χ1v) is 0.854. The van der Waals surface area contributed by atoms with Crippen LogP contribution in [0, 0.1) is 13.5 Å². The van der Waals surface area contributed by atoms with Crippen LogP contribution < -0.4 is 0 Å². The molecule has 0 aliphatic carbocycles. The van der Waals surface area contributed by atoms with Crippen molar-refractivity contribution in [3.63, 3.8) is 0 Å². The first kappa shape index (κ1) is 32.3. The fourth-order valence-electron chi connectivity index (χ4n) is 0. The van der Waals surface area contributed by atoms with Gasteiger partial charge in [-0.2, -0.15) is 6.92 Å². The van der Waals surface area contributed by atoms with Gasteiger partial charge in [0.25, 0.3) is 0 Å². The summed E-state index contributed by atoms with van der Waals surface area (Å²) in [6.45, 7) is 5.00. The second-order valence-electron chi connectivity index (χ2n) is 0.354. The zero-order valence-electron chi connectivity index (χ0n) is 4.94. The van der Waals surface area contributed by atoms with E-state index in [0.717, 1.165) is 0 Å². The van der Waals surface area contributed by atoms with E-state index in [-0.39, 0.29) is 106 Å². The second-order valence-corrected chi connectivity index (χ2v) is 0.354. The third kappa shape index (κ3) is 48.3. The molecule has 0 aromatic carbocycles. The molecule has 0 saturated heterocycles. The molecule has 0 aromatic heterocycles. The zero-order chi connectivity index (χ0) is 2.71. The average Bonchev–Trinajstić information content (AvgIpc) is 0.918. The fourth-order valence-corrected chi connectivity index (χ4v) is 0. The summed E-state index contributed by atoms with van der Waals surface area (Å²) in [6, 6.07) is 0. The molecule has 0 N–H and O–H groups in total. The van der Waals surface area contributed by atoms with Crippen LogP contribution in [0.2, 0.25) is 0 Å². The van der Waals surface area contributed by atoms with Crippen LogP contribution in [0.15, 0.2) is 6.58 Å². The van der Waals surface area contributed by atoms with Crippen molar-refractivity contribution in [3.8, 4) is 0 Å². The molecule has 3 heteroatoms. The van der Waals surface area contributed by atoms with E-state index in [9.17, 15) is 0 Å². The number of hydrogen-bond acceptors (Lipinski definition) is 0. The molecule has 0 bridgehead atoms. The Bertz CT molecular complexity index is 14.4. The van der Waals surface area contributed by atoms with Crippen LogP contribution >= 0.6 is 0 Å². The summed E-state index contributed by atoms with van der Waals surface area (Å²) in [6.07, 6.45) is 2.50. The van der Waals surface area contributed by atoms with E-state index in [1.165, 1.54) is 0 Å². The summed E-state index contributed by atoms with van der Waals surface area (Å²) in [5.41, 5.74) is 0. The molecule has 0 aliphatic rings. The molecule has 7 heavy (non-hydrogen) atoms. The van der Waals surface area contributed by atoms with Crippen LogP contribution in [0.5, 0.6) is 0 Å². The van der Waals surface area contributed by atoms with Gasteiger partial charge in [0.15, 0.2) is 0 Å². The van der Waals surface area contributed by atoms with Gasteiger partial charge in [-0.25, -0.2) is 0 Å². The van der Waals surface area contributed by atoms with E-state index >= 15 is 0 Å². The van der Waals surface area contributed by atoms with Gasteiger partial charge in [0, 0.05) is 98.1 Å². The molecule has 0 atom stereocenters. The van der Waals surface area contributed by atoms with Gasteiger partial charge in [-0.3, -0.25) is 6.58 Å². The Morgan fingerprint density at radius 2 is 1.14 bits per heavy atom. The maximum absolute atomic E-state index is 3.24. The molecule has 0 aliphatic heterocycles. The molecule has 0 aromatic rings. The molecule has 3 radical (unpaired) electrons. The minimum atomic E-state index is 0. The predicted molar refractivity (Wildman–Crippen MR) is 21.0 cm³/mol. The topological polar surface area (TPSA) is 0 Å². The van der Waals surface area contributed by atoms with Crippen LogP contribution in [-0.4, -0.2) is 0 Å². The summed E-state index contributed by atoms with van der Waals surface area (Å²) in [4.78, 5) is 0. The Morgan fingerprint density at radius 1 is 1.14 bits per heavy atom. The minimum absolute atomic E-state index is 0. The first-order chi connectivity index (χ1) is 1.41. The van der Waals surface area contributed by atoms with Crippen molar-refractivity contribution < 1.29 is 98.1 Å². The minimum Gasteiger partial charge on any atom is -0.507 e. The second kappa shape index (κ2) is 35.7. The van der Waals surface area contributed by atoms with E-state index < -0.39 is 0 Å². The summed E-state index contributed by atoms with van der Waals surface area (Å²) < 4.78 is 0. The van der Waals surface area contributed by atoms with E-state index in [4.69, 9.17) is 0 Å². The maximum Gasteiger partial charge on any atom is 0 e. The molecule has 0 amide bonds. The van der Waals surface area contributed by atoms with Crippen molar-refractivity contribution in [1.29, 1.82) is 0 Å². The Hall–Kier alpha value is 3.05. The van der Waals surface area contributed by atoms with Gasteiger partial charge >= 0.3 is 0 Å². The van der Waals surface area contributed by atoms with Gasteiger partial charge in [0.1, 0.15) is 0 Å². The SMILES string of the molecule is C=[C-]C.[CH3-].[Y].[Y].[Y]. The molecular formula is C4H8Y3-2. The van der Waals surface area contributed by atoms with Crippen molar-refractivity contribution in [2.45, 2.75) is 6.92 Å². The fraction of sp³-hybridized carbons (Fsp3) is 0.250. The largest absolute Gasteiger partial charge is 0.507 e. The van der Waals surface area contributed by atoms with Crippen LogP contribution in [0.3, 0.4) is 0 Å². The molecule has 0 spiro atoms.